The molecule has 0 aliphatic carbocycles. The van der Waals surface area contributed by atoms with Crippen molar-refractivity contribution < 1.29 is 4.58 Å². The molecular weight excluding hydrogens is 170 g/mol. The van der Waals surface area contributed by atoms with Crippen molar-refractivity contribution in [3.8, 4) is 0 Å². The summed E-state index contributed by atoms with van der Waals surface area (Å²) in [5.41, 5.74) is 0. The quantitative estimate of drug-likeness (QED) is 0.430. The van der Waals surface area contributed by atoms with Crippen LogP contribution in [0.5, 0.6) is 0 Å². The molecule has 0 radical (unpaired) electrons. The molecule has 0 rings (SSSR count). The second-order valence-corrected chi connectivity index (χ2v) is 3.98. The van der Waals surface area contributed by atoms with E-state index in [1.807, 2.05) is 0 Å². The van der Waals surface area contributed by atoms with Crippen LogP contribution in [-0.4, -0.2) is 17.3 Å². The largest absolute Gasteiger partial charge is 0.209 e. The van der Waals surface area contributed by atoms with Crippen LogP contribution in [0.3, 0.4) is 0 Å². The summed E-state index contributed by atoms with van der Waals surface area (Å²) in [4.78, 5) is 0. The number of rotatable bonds is 7. The number of hydrogen-bond donors (Lipinski definition) is 0. The molecule has 82 valence electrons. The van der Waals surface area contributed by atoms with Crippen LogP contribution < -0.4 is 0 Å². The van der Waals surface area contributed by atoms with E-state index in [0.29, 0.717) is 0 Å². The molecule has 0 saturated heterocycles. The van der Waals surface area contributed by atoms with E-state index in [1.165, 1.54) is 25.7 Å². The third kappa shape index (κ3) is 6.88. The molecule has 1 heteroatoms. The molecule has 0 heterocycles. The van der Waals surface area contributed by atoms with Crippen LogP contribution in [0.25, 0.3) is 0 Å². The fourth-order valence-electron chi connectivity index (χ4n) is 1.23. The third-order valence-electron chi connectivity index (χ3n) is 2.63. The Balaban J connectivity index is 3.81. The zero-order valence-corrected chi connectivity index (χ0v) is 10.3. The lowest BCUT2D eigenvalue weighted by Gasteiger charge is -2.01. The molecule has 0 aromatic rings. The summed E-state index contributed by atoms with van der Waals surface area (Å²) in [5.74, 6) is 0.816. The SMILES string of the molecule is CC=[N+](C=CCC(C)CC)CCCC. The number of unbranched alkanes of at least 4 members (excludes halogenated alkanes) is 1. The van der Waals surface area contributed by atoms with E-state index < -0.39 is 0 Å². The molecule has 0 amide bonds. The van der Waals surface area contributed by atoms with E-state index in [-0.39, 0.29) is 0 Å². The number of hydrogen-bond acceptors (Lipinski definition) is 0. The highest BCUT2D eigenvalue weighted by Crippen LogP contribution is 2.06. The Bertz CT molecular complexity index is 180. The molecule has 1 unspecified atom stereocenters. The van der Waals surface area contributed by atoms with Gasteiger partial charge in [0.05, 0.1) is 0 Å². The predicted molar refractivity (Wildman–Crippen MR) is 65.0 cm³/mol. The highest BCUT2D eigenvalue weighted by molar-refractivity contribution is 5.47. The number of nitrogens with zero attached hydrogens (tertiary/aromatic N) is 1. The topological polar surface area (TPSA) is 3.01 Å². The van der Waals surface area contributed by atoms with Gasteiger partial charge in [0.25, 0.3) is 0 Å². The Morgan fingerprint density at radius 2 is 2.00 bits per heavy atom. The lowest BCUT2D eigenvalue weighted by atomic mass is 10.1. The molecule has 0 N–H and O–H groups in total. The van der Waals surface area contributed by atoms with E-state index in [4.69, 9.17) is 0 Å². The van der Waals surface area contributed by atoms with Gasteiger partial charge in [-0.1, -0.05) is 33.6 Å². The fraction of sp³-hybridized carbons (Fsp3) is 0.769. The molecule has 0 bridgehead atoms. The van der Waals surface area contributed by atoms with Gasteiger partial charge in [0, 0.05) is 13.3 Å². The highest BCUT2D eigenvalue weighted by atomic mass is 15.0. The Hall–Kier alpha value is -0.590. The lowest BCUT2D eigenvalue weighted by Crippen LogP contribution is -2.06. The van der Waals surface area contributed by atoms with Gasteiger partial charge in [0.15, 0.2) is 6.20 Å². The number of allylic oxidation sites excluding steroid dienone is 1. The second-order valence-electron chi connectivity index (χ2n) is 3.98. The van der Waals surface area contributed by atoms with E-state index >= 15 is 0 Å². The average Bonchev–Trinajstić information content (AvgIpc) is 2.22. The summed E-state index contributed by atoms with van der Waals surface area (Å²) < 4.78 is 2.28. The zero-order valence-electron chi connectivity index (χ0n) is 10.3. The maximum absolute atomic E-state index is 2.30. The minimum atomic E-state index is 0.816. The summed E-state index contributed by atoms with van der Waals surface area (Å²) in [6.45, 7) is 10.0. The van der Waals surface area contributed by atoms with Crippen LogP contribution in [0.4, 0.5) is 0 Å². The van der Waals surface area contributed by atoms with Crippen LogP contribution in [-0.2, 0) is 0 Å². The van der Waals surface area contributed by atoms with Crippen LogP contribution in [0.1, 0.15) is 53.4 Å². The van der Waals surface area contributed by atoms with E-state index in [0.717, 1.165) is 12.5 Å². The van der Waals surface area contributed by atoms with Crippen molar-refractivity contribution in [3.63, 3.8) is 0 Å². The molecule has 0 aliphatic rings. The molecule has 1 atom stereocenters. The molecule has 0 aliphatic heterocycles. The standard InChI is InChI=1S/C13H26N/c1-5-8-11-14(7-3)12-9-10-13(4)6-2/h7,9,12-13H,5-6,8,10-11H2,1-4H3/q+1. The van der Waals surface area contributed by atoms with Gasteiger partial charge in [-0.15, -0.1) is 0 Å². The van der Waals surface area contributed by atoms with Gasteiger partial charge < -0.3 is 0 Å². The fourth-order valence-corrected chi connectivity index (χ4v) is 1.23. The van der Waals surface area contributed by atoms with Gasteiger partial charge in [-0.3, -0.25) is 0 Å². The third-order valence-corrected chi connectivity index (χ3v) is 2.63. The molecule has 1 nitrogen and oxygen atoms in total. The van der Waals surface area contributed by atoms with Crippen LogP contribution in [0.15, 0.2) is 12.3 Å². The van der Waals surface area contributed by atoms with Crippen molar-refractivity contribution in [2.75, 3.05) is 6.54 Å². The van der Waals surface area contributed by atoms with Crippen molar-refractivity contribution in [1.82, 2.24) is 0 Å². The first-order valence-corrected chi connectivity index (χ1v) is 5.96. The van der Waals surface area contributed by atoms with Crippen molar-refractivity contribution >= 4 is 6.21 Å². The molecule has 0 fully saturated rings. The van der Waals surface area contributed by atoms with Gasteiger partial charge in [-0.25, -0.2) is 4.58 Å². The summed E-state index contributed by atoms with van der Waals surface area (Å²) >= 11 is 0. The van der Waals surface area contributed by atoms with Crippen molar-refractivity contribution in [3.05, 3.63) is 12.3 Å². The van der Waals surface area contributed by atoms with E-state index in [2.05, 4.69) is 50.8 Å². The summed E-state index contributed by atoms with van der Waals surface area (Å²) in [7, 11) is 0. The van der Waals surface area contributed by atoms with Gasteiger partial charge in [0.1, 0.15) is 12.8 Å². The summed E-state index contributed by atoms with van der Waals surface area (Å²) in [5, 5.41) is 0. The first kappa shape index (κ1) is 13.4. The van der Waals surface area contributed by atoms with Crippen molar-refractivity contribution in [1.29, 1.82) is 0 Å². The molecule has 0 spiro atoms. The minimum absolute atomic E-state index is 0.816. The minimum Gasteiger partial charge on any atom is -0.209 e. The monoisotopic (exact) mass is 196 g/mol. The van der Waals surface area contributed by atoms with E-state index in [1.54, 1.807) is 0 Å². The maximum Gasteiger partial charge on any atom is 0.164 e. The maximum atomic E-state index is 2.30. The summed E-state index contributed by atoms with van der Waals surface area (Å²) in [6, 6.07) is 0. The van der Waals surface area contributed by atoms with Crippen molar-refractivity contribution in [2.45, 2.75) is 53.4 Å². The van der Waals surface area contributed by atoms with Gasteiger partial charge in [-0.05, 0) is 18.4 Å². The van der Waals surface area contributed by atoms with Gasteiger partial charge in [-0.2, -0.15) is 0 Å². The Labute approximate surface area is 89.5 Å². The lowest BCUT2D eigenvalue weighted by molar-refractivity contribution is -0.453. The van der Waals surface area contributed by atoms with Gasteiger partial charge in [0.2, 0.25) is 0 Å². The molecular formula is C13H26N+. The van der Waals surface area contributed by atoms with Gasteiger partial charge >= 0.3 is 0 Å². The van der Waals surface area contributed by atoms with E-state index in [9.17, 15) is 0 Å². The van der Waals surface area contributed by atoms with Crippen molar-refractivity contribution in [2.24, 2.45) is 5.92 Å². The Kier molecular flexibility index (Phi) is 8.61. The molecule has 0 aromatic heterocycles. The first-order chi connectivity index (χ1) is 6.74. The average molecular weight is 196 g/mol. The smallest absolute Gasteiger partial charge is 0.164 e. The first-order valence-electron chi connectivity index (χ1n) is 5.96. The second kappa shape index (κ2) is 8.98. The van der Waals surface area contributed by atoms with Crippen LogP contribution in [0, 0.1) is 5.92 Å². The highest BCUT2D eigenvalue weighted by Gasteiger charge is 1.98. The Morgan fingerprint density at radius 1 is 1.29 bits per heavy atom. The molecule has 14 heavy (non-hydrogen) atoms. The van der Waals surface area contributed by atoms with Crippen LogP contribution >= 0.6 is 0 Å². The normalized spacial score (nSPS) is 15.0. The molecule has 0 aromatic carbocycles. The Morgan fingerprint density at radius 3 is 2.50 bits per heavy atom. The molecule has 0 saturated carbocycles. The summed E-state index contributed by atoms with van der Waals surface area (Å²) in [6.07, 6.45) is 11.7. The van der Waals surface area contributed by atoms with Crippen LogP contribution in [0.2, 0.25) is 0 Å². The zero-order chi connectivity index (χ0) is 10.8. The predicted octanol–water partition coefficient (Wildman–Crippen LogP) is 3.84.